The fraction of sp³-hybridized carbons (Fsp3) is 0.273. The van der Waals surface area contributed by atoms with E-state index < -0.39 is 5.97 Å². The average molecular weight is 364 g/mol. The van der Waals surface area contributed by atoms with Gasteiger partial charge in [0.05, 0.1) is 18.5 Å². The number of hydrogen-bond acceptors (Lipinski definition) is 4. The molecule has 3 rings (SSSR count). The van der Waals surface area contributed by atoms with E-state index >= 15 is 0 Å². The fourth-order valence-electron chi connectivity index (χ4n) is 3.04. The van der Waals surface area contributed by atoms with Crippen molar-refractivity contribution in [3.63, 3.8) is 0 Å². The smallest absolute Gasteiger partial charge is 0.307 e. The number of pyridine rings is 1. The van der Waals surface area contributed by atoms with Crippen molar-refractivity contribution in [3.8, 4) is 0 Å². The first-order valence-corrected chi connectivity index (χ1v) is 9.10. The summed E-state index contributed by atoms with van der Waals surface area (Å²) in [5, 5.41) is 13.5. The molecule has 0 radical (unpaired) electrons. The third-order valence-corrected chi connectivity index (χ3v) is 4.46. The summed E-state index contributed by atoms with van der Waals surface area (Å²) in [6.07, 6.45) is 0.870. The largest absolute Gasteiger partial charge is 0.481 e. The minimum absolute atomic E-state index is 0.0283. The van der Waals surface area contributed by atoms with Gasteiger partial charge in [-0.15, -0.1) is 0 Å². The Kier molecular flexibility index (Phi) is 6.39. The average Bonchev–Trinajstić information content (AvgIpc) is 2.66. The van der Waals surface area contributed by atoms with Crippen LogP contribution in [0.3, 0.4) is 0 Å². The monoisotopic (exact) mass is 364 g/mol. The third-order valence-electron chi connectivity index (χ3n) is 4.46. The Morgan fingerprint density at radius 1 is 1.11 bits per heavy atom. The van der Waals surface area contributed by atoms with E-state index in [2.05, 4.69) is 16.4 Å². The summed E-state index contributed by atoms with van der Waals surface area (Å²) in [5.74, 6) is 0.0359. The number of fused-ring (bicyclic) bond motifs is 1. The number of anilines is 1. The SMILES string of the molecule is Cc1cccc(COCCCNc2ccc3ccccc3n2)c1CC(=O)O. The van der Waals surface area contributed by atoms with Crippen molar-refractivity contribution < 1.29 is 14.6 Å². The second kappa shape index (κ2) is 9.14. The zero-order chi connectivity index (χ0) is 19.1. The number of aryl methyl sites for hydroxylation is 1. The molecule has 0 aliphatic rings. The number of nitrogens with zero attached hydrogens (tertiary/aromatic N) is 1. The Hall–Kier alpha value is -2.92. The molecule has 2 aromatic carbocycles. The summed E-state index contributed by atoms with van der Waals surface area (Å²) < 4.78 is 5.75. The van der Waals surface area contributed by atoms with Gasteiger partial charge >= 0.3 is 5.97 Å². The summed E-state index contributed by atoms with van der Waals surface area (Å²) in [5.41, 5.74) is 3.76. The number of aromatic nitrogens is 1. The van der Waals surface area contributed by atoms with Gasteiger partial charge < -0.3 is 15.2 Å². The van der Waals surface area contributed by atoms with E-state index in [0.717, 1.165) is 46.4 Å². The number of aliphatic carboxylic acids is 1. The second-order valence-corrected chi connectivity index (χ2v) is 6.51. The highest BCUT2D eigenvalue weighted by Crippen LogP contribution is 2.17. The first kappa shape index (κ1) is 18.9. The number of hydrogen-bond donors (Lipinski definition) is 2. The number of nitrogens with one attached hydrogen (secondary N) is 1. The molecule has 0 aliphatic carbocycles. The molecular weight excluding hydrogens is 340 g/mol. The first-order valence-electron chi connectivity index (χ1n) is 9.10. The number of carboxylic acid groups (broad SMARTS) is 1. The topological polar surface area (TPSA) is 71.5 Å². The van der Waals surface area contributed by atoms with Crippen LogP contribution in [0.5, 0.6) is 0 Å². The molecule has 0 atom stereocenters. The van der Waals surface area contributed by atoms with Gasteiger partial charge in [-0.1, -0.05) is 36.4 Å². The molecule has 5 nitrogen and oxygen atoms in total. The Bertz CT molecular complexity index is 924. The van der Waals surface area contributed by atoms with Crippen molar-refractivity contribution in [1.29, 1.82) is 0 Å². The van der Waals surface area contributed by atoms with E-state index in [1.165, 1.54) is 0 Å². The van der Waals surface area contributed by atoms with Crippen LogP contribution in [-0.4, -0.2) is 29.2 Å². The van der Waals surface area contributed by atoms with Gasteiger partial charge in [0.15, 0.2) is 0 Å². The molecule has 3 aromatic rings. The van der Waals surface area contributed by atoms with Crippen LogP contribution in [0.15, 0.2) is 54.6 Å². The molecule has 140 valence electrons. The Labute approximate surface area is 159 Å². The molecule has 0 bridgehead atoms. The van der Waals surface area contributed by atoms with Crippen LogP contribution in [0.4, 0.5) is 5.82 Å². The van der Waals surface area contributed by atoms with Crippen molar-refractivity contribution >= 4 is 22.7 Å². The molecule has 5 heteroatoms. The van der Waals surface area contributed by atoms with Gasteiger partial charge in [-0.3, -0.25) is 4.79 Å². The maximum atomic E-state index is 11.0. The number of ether oxygens (including phenoxy) is 1. The van der Waals surface area contributed by atoms with Crippen molar-refractivity contribution in [3.05, 3.63) is 71.3 Å². The summed E-state index contributed by atoms with van der Waals surface area (Å²) >= 11 is 0. The van der Waals surface area contributed by atoms with Crippen LogP contribution in [0.25, 0.3) is 10.9 Å². The minimum Gasteiger partial charge on any atom is -0.481 e. The van der Waals surface area contributed by atoms with Crippen molar-refractivity contribution in [2.75, 3.05) is 18.5 Å². The van der Waals surface area contributed by atoms with Crippen LogP contribution >= 0.6 is 0 Å². The quantitative estimate of drug-likeness (QED) is 0.557. The molecule has 0 amide bonds. The highest BCUT2D eigenvalue weighted by molar-refractivity contribution is 5.80. The lowest BCUT2D eigenvalue weighted by Gasteiger charge is -2.12. The lowest BCUT2D eigenvalue weighted by Crippen LogP contribution is -2.09. The van der Waals surface area contributed by atoms with Crippen LogP contribution in [0.2, 0.25) is 0 Å². The molecule has 0 unspecified atom stereocenters. The normalized spacial score (nSPS) is 10.9. The minimum atomic E-state index is -0.822. The highest BCUT2D eigenvalue weighted by atomic mass is 16.5. The van der Waals surface area contributed by atoms with Gasteiger partial charge in [0.1, 0.15) is 5.82 Å². The maximum absolute atomic E-state index is 11.0. The summed E-state index contributed by atoms with van der Waals surface area (Å²) in [4.78, 5) is 15.6. The van der Waals surface area contributed by atoms with E-state index in [1.807, 2.05) is 55.5 Å². The van der Waals surface area contributed by atoms with Gasteiger partial charge in [-0.2, -0.15) is 0 Å². The molecule has 0 fully saturated rings. The standard InChI is InChI=1S/C22H24N2O3/c1-16-6-4-8-18(19(16)14-22(25)26)15-27-13-5-12-23-21-11-10-17-7-2-3-9-20(17)24-21/h2-4,6-11H,5,12-15H2,1H3,(H,23,24)(H,25,26). The molecule has 0 saturated carbocycles. The summed E-state index contributed by atoms with van der Waals surface area (Å²) in [7, 11) is 0. The molecule has 1 aromatic heterocycles. The van der Waals surface area contributed by atoms with Crippen molar-refractivity contribution in [2.45, 2.75) is 26.4 Å². The van der Waals surface area contributed by atoms with E-state index in [-0.39, 0.29) is 6.42 Å². The Morgan fingerprint density at radius 2 is 1.96 bits per heavy atom. The zero-order valence-electron chi connectivity index (χ0n) is 15.4. The molecule has 2 N–H and O–H groups in total. The highest BCUT2D eigenvalue weighted by Gasteiger charge is 2.09. The number of rotatable bonds is 9. The van der Waals surface area contributed by atoms with Gasteiger partial charge in [0.25, 0.3) is 0 Å². The molecule has 1 heterocycles. The molecule has 0 saturated heterocycles. The number of benzene rings is 2. The number of carbonyl (C=O) groups is 1. The zero-order valence-corrected chi connectivity index (χ0v) is 15.4. The molecule has 0 aliphatic heterocycles. The lowest BCUT2D eigenvalue weighted by atomic mass is 9.99. The Morgan fingerprint density at radius 3 is 2.81 bits per heavy atom. The summed E-state index contributed by atoms with van der Waals surface area (Å²) in [6.45, 7) is 3.73. The van der Waals surface area contributed by atoms with Gasteiger partial charge in [0.2, 0.25) is 0 Å². The number of para-hydroxylation sites is 1. The van der Waals surface area contributed by atoms with E-state index in [1.54, 1.807) is 0 Å². The summed E-state index contributed by atoms with van der Waals surface area (Å²) in [6, 6.07) is 17.9. The molecule has 27 heavy (non-hydrogen) atoms. The van der Waals surface area contributed by atoms with Gasteiger partial charge in [-0.05, 0) is 48.2 Å². The second-order valence-electron chi connectivity index (χ2n) is 6.51. The van der Waals surface area contributed by atoms with E-state index in [4.69, 9.17) is 9.84 Å². The Balaban J connectivity index is 1.44. The van der Waals surface area contributed by atoms with Crippen LogP contribution < -0.4 is 5.32 Å². The third kappa shape index (κ3) is 5.28. The fourth-order valence-corrected chi connectivity index (χ4v) is 3.04. The van der Waals surface area contributed by atoms with Gasteiger partial charge in [-0.25, -0.2) is 4.98 Å². The van der Waals surface area contributed by atoms with Crippen LogP contribution in [-0.2, 0) is 22.6 Å². The van der Waals surface area contributed by atoms with E-state index in [9.17, 15) is 4.79 Å². The lowest BCUT2D eigenvalue weighted by molar-refractivity contribution is -0.136. The molecule has 0 spiro atoms. The van der Waals surface area contributed by atoms with E-state index in [0.29, 0.717) is 13.2 Å². The predicted molar refractivity (Wildman–Crippen MR) is 107 cm³/mol. The van der Waals surface area contributed by atoms with Crippen molar-refractivity contribution in [1.82, 2.24) is 4.98 Å². The number of carboxylic acids is 1. The maximum Gasteiger partial charge on any atom is 0.307 e. The molecular formula is C22H24N2O3. The van der Waals surface area contributed by atoms with Crippen LogP contribution in [0, 0.1) is 6.92 Å². The van der Waals surface area contributed by atoms with Gasteiger partial charge in [0, 0.05) is 18.5 Å². The van der Waals surface area contributed by atoms with Crippen LogP contribution in [0.1, 0.15) is 23.1 Å². The predicted octanol–water partition coefficient (Wildman–Crippen LogP) is 4.19. The van der Waals surface area contributed by atoms with Crippen molar-refractivity contribution in [2.24, 2.45) is 0 Å². The first-order chi connectivity index (χ1) is 13.1.